The van der Waals surface area contributed by atoms with E-state index in [9.17, 15) is 14.3 Å². The van der Waals surface area contributed by atoms with E-state index in [1.165, 1.54) is 6.08 Å². The highest BCUT2D eigenvalue weighted by atomic mass is 19.1. The molecule has 4 rings (SSSR count). The molecular formula is C22H26FN3O4. The van der Waals surface area contributed by atoms with Crippen LogP contribution in [0.3, 0.4) is 0 Å². The van der Waals surface area contributed by atoms with Gasteiger partial charge in [-0.1, -0.05) is 6.08 Å². The molecule has 30 heavy (non-hydrogen) atoms. The Labute approximate surface area is 173 Å². The van der Waals surface area contributed by atoms with Crippen LogP contribution in [0.15, 0.2) is 41.1 Å². The number of aromatic nitrogens is 2. The topological polar surface area (TPSA) is 96.6 Å². The Morgan fingerprint density at radius 2 is 2.23 bits per heavy atom. The van der Waals surface area contributed by atoms with Crippen LogP contribution in [-0.4, -0.2) is 45.1 Å². The van der Waals surface area contributed by atoms with Gasteiger partial charge in [-0.3, -0.25) is 14.3 Å². The van der Waals surface area contributed by atoms with E-state index in [0.29, 0.717) is 48.3 Å². The lowest BCUT2D eigenvalue weighted by Gasteiger charge is -2.36. The fourth-order valence-electron chi connectivity index (χ4n) is 4.01. The van der Waals surface area contributed by atoms with Crippen LogP contribution in [0.1, 0.15) is 24.5 Å². The third kappa shape index (κ3) is 3.90. The van der Waals surface area contributed by atoms with Crippen LogP contribution in [-0.2, 0) is 19.5 Å². The molecule has 0 aromatic carbocycles. The Morgan fingerprint density at radius 1 is 1.40 bits per heavy atom. The van der Waals surface area contributed by atoms with Gasteiger partial charge in [0.1, 0.15) is 16.9 Å². The number of nitrogens with one attached hydrogen (secondary N) is 1. The molecule has 1 aliphatic carbocycles. The van der Waals surface area contributed by atoms with Gasteiger partial charge in [0.25, 0.3) is 5.56 Å². The standard InChI is InChI=1S/C22H26FN3O4/c1-22(13-28)12-26-19-18(9-16(21(26)29)10-24-6-7-27)25-11-15(20(19)30-22)8-14-2-4-17(23)5-3-14/h2,4-5,9,11,14,24,27-28H,3,6-8,10,12-13H2,1H3. The summed E-state index contributed by atoms with van der Waals surface area (Å²) in [4.78, 5) is 17.7. The lowest BCUT2D eigenvalue weighted by molar-refractivity contribution is 0.00341. The van der Waals surface area contributed by atoms with E-state index in [2.05, 4.69) is 10.3 Å². The summed E-state index contributed by atoms with van der Waals surface area (Å²) in [7, 11) is 0. The Hall–Kier alpha value is -2.55. The molecule has 3 N–H and O–H groups in total. The summed E-state index contributed by atoms with van der Waals surface area (Å²) in [6, 6.07) is 1.75. The zero-order chi connectivity index (χ0) is 21.3. The van der Waals surface area contributed by atoms with Crippen LogP contribution < -0.4 is 15.6 Å². The van der Waals surface area contributed by atoms with Gasteiger partial charge in [-0.25, -0.2) is 4.39 Å². The van der Waals surface area contributed by atoms with Crippen LogP contribution in [0, 0.1) is 5.92 Å². The van der Waals surface area contributed by atoms with Crippen molar-refractivity contribution in [1.29, 1.82) is 0 Å². The first-order valence-corrected chi connectivity index (χ1v) is 10.1. The molecule has 2 atom stereocenters. The van der Waals surface area contributed by atoms with Crippen molar-refractivity contribution in [2.75, 3.05) is 19.8 Å². The average Bonchev–Trinajstić information content (AvgIpc) is 2.74. The van der Waals surface area contributed by atoms with Gasteiger partial charge in [0.05, 0.1) is 25.3 Å². The molecular weight excluding hydrogens is 389 g/mol. The van der Waals surface area contributed by atoms with Gasteiger partial charge in [0.2, 0.25) is 0 Å². The van der Waals surface area contributed by atoms with Crippen molar-refractivity contribution in [3.8, 4) is 5.75 Å². The number of ether oxygens (including phenoxy) is 1. The van der Waals surface area contributed by atoms with Gasteiger partial charge in [-0.2, -0.15) is 0 Å². The van der Waals surface area contributed by atoms with Crippen molar-refractivity contribution in [2.24, 2.45) is 5.92 Å². The largest absolute Gasteiger partial charge is 0.481 e. The van der Waals surface area contributed by atoms with E-state index in [1.54, 1.807) is 29.8 Å². The number of nitrogens with zero attached hydrogens (tertiary/aromatic N) is 2. The lowest BCUT2D eigenvalue weighted by atomic mass is 9.92. The Balaban J connectivity index is 1.79. The molecule has 0 amide bonds. The van der Waals surface area contributed by atoms with Crippen molar-refractivity contribution in [3.05, 3.63) is 57.8 Å². The van der Waals surface area contributed by atoms with Crippen LogP contribution in [0.5, 0.6) is 5.75 Å². The molecule has 0 saturated heterocycles. The van der Waals surface area contributed by atoms with Gasteiger partial charge in [-0.15, -0.1) is 0 Å². The smallest absolute Gasteiger partial charge is 0.255 e. The maximum atomic E-state index is 13.3. The molecule has 3 heterocycles. The molecule has 7 nitrogen and oxygen atoms in total. The monoisotopic (exact) mass is 415 g/mol. The van der Waals surface area contributed by atoms with Crippen molar-refractivity contribution in [1.82, 2.24) is 14.9 Å². The van der Waals surface area contributed by atoms with E-state index < -0.39 is 5.60 Å². The van der Waals surface area contributed by atoms with Crippen molar-refractivity contribution in [2.45, 2.75) is 38.5 Å². The number of allylic oxidation sites excluding steroid dienone is 4. The summed E-state index contributed by atoms with van der Waals surface area (Å²) in [5.74, 6) is 0.427. The SMILES string of the molecule is CC1(CO)Cn2c(=O)c(CNCCO)cc3ncc(CC4C=CC(F)=CC4)c(c32)O1. The van der Waals surface area contributed by atoms with E-state index in [0.717, 1.165) is 5.56 Å². The van der Waals surface area contributed by atoms with Gasteiger partial charge >= 0.3 is 0 Å². The third-order valence-corrected chi connectivity index (χ3v) is 5.61. The summed E-state index contributed by atoms with van der Waals surface area (Å²) < 4.78 is 21.2. The van der Waals surface area contributed by atoms with Gasteiger partial charge < -0.3 is 20.3 Å². The molecule has 0 saturated carbocycles. The molecule has 0 radical (unpaired) electrons. The third-order valence-electron chi connectivity index (χ3n) is 5.61. The first-order chi connectivity index (χ1) is 14.4. The van der Waals surface area contributed by atoms with Crippen LogP contribution >= 0.6 is 0 Å². The molecule has 2 aromatic rings. The maximum Gasteiger partial charge on any atom is 0.255 e. The molecule has 1 aliphatic heterocycles. The Kier molecular flexibility index (Phi) is 5.73. The first-order valence-electron chi connectivity index (χ1n) is 10.1. The number of hydrogen-bond donors (Lipinski definition) is 3. The second-order valence-corrected chi connectivity index (χ2v) is 8.17. The van der Waals surface area contributed by atoms with E-state index in [4.69, 9.17) is 9.84 Å². The highest BCUT2D eigenvalue weighted by Crippen LogP contribution is 2.37. The fraction of sp³-hybridized carbons (Fsp3) is 0.455. The van der Waals surface area contributed by atoms with Gasteiger partial charge in [0, 0.05) is 30.4 Å². The van der Waals surface area contributed by atoms with Crippen LogP contribution in [0.4, 0.5) is 4.39 Å². The zero-order valence-electron chi connectivity index (χ0n) is 16.9. The minimum Gasteiger partial charge on any atom is -0.481 e. The zero-order valence-corrected chi connectivity index (χ0v) is 16.9. The molecule has 8 heteroatoms. The second kappa shape index (κ2) is 8.29. The predicted molar refractivity (Wildman–Crippen MR) is 111 cm³/mol. The van der Waals surface area contributed by atoms with Crippen molar-refractivity contribution >= 4 is 11.0 Å². The number of aliphatic hydroxyl groups excluding tert-OH is 2. The lowest BCUT2D eigenvalue weighted by Crippen LogP contribution is -2.47. The summed E-state index contributed by atoms with van der Waals surface area (Å²) in [5.41, 5.74) is 1.52. The molecule has 0 spiro atoms. The van der Waals surface area contributed by atoms with E-state index >= 15 is 0 Å². The number of halogens is 1. The van der Waals surface area contributed by atoms with Crippen molar-refractivity contribution in [3.63, 3.8) is 0 Å². The minimum atomic E-state index is -0.939. The first kappa shape index (κ1) is 20.7. The molecule has 160 valence electrons. The van der Waals surface area contributed by atoms with Crippen molar-refractivity contribution < 1.29 is 19.3 Å². The number of pyridine rings is 2. The van der Waals surface area contributed by atoms with E-state index in [1.807, 2.05) is 6.08 Å². The normalized spacial score (nSPS) is 22.8. The summed E-state index contributed by atoms with van der Waals surface area (Å²) >= 11 is 0. The van der Waals surface area contributed by atoms with Crippen LogP contribution in [0.25, 0.3) is 11.0 Å². The molecule has 0 fully saturated rings. The fourth-order valence-corrected chi connectivity index (χ4v) is 4.01. The summed E-state index contributed by atoms with van der Waals surface area (Å²) in [6.45, 7) is 2.42. The maximum absolute atomic E-state index is 13.3. The quantitative estimate of drug-likeness (QED) is 0.595. The summed E-state index contributed by atoms with van der Waals surface area (Å²) in [5, 5.41) is 22.0. The second-order valence-electron chi connectivity index (χ2n) is 8.17. The Bertz CT molecular complexity index is 1080. The molecule has 2 aromatic heterocycles. The number of hydrogen-bond acceptors (Lipinski definition) is 6. The molecule has 2 aliphatic rings. The van der Waals surface area contributed by atoms with Crippen LogP contribution in [0.2, 0.25) is 0 Å². The number of rotatable bonds is 7. The van der Waals surface area contributed by atoms with Gasteiger partial charge in [0.15, 0.2) is 5.75 Å². The summed E-state index contributed by atoms with van der Waals surface area (Å²) in [6.07, 6.45) is 7.78. The Morgan fingerprint density at radius 3 is 2.93 bits per heavy atom. The number of aliphatic hydroxyl groups is 2. The highest BCUT2D eigenvalue weighted by Gasteiger charge is 2.35. The molecule has 2 unspecified atom stereocenters. The van der Waals surface area contributed by atoms with E-state index in [-0.39, 0.29) is 37.1 Å². The highest BCUT2D eigenvalue weighted by molar-refractivity contribution is 5.84. The molecule has 0 bridgehead atoms. The predicted octanol–water partition coefficient (Wildman–Crippen LogP) is 1.59. The minimum absolute atomic E-state index is 0.0152. The van der Waals surface area contributed by atoms with Gasteiger partial charge in [-0.05, 0) is 43.9 Å². The average molecular weight is 415 g/mol.